The van der Waals surface area contributed by atoms with Gasteiger partial charge in [-0.1, -0.05) is 37.1 Å². The van der Waals surface area contributed by atoms with Gasteiger partial charge in [-0.05, 0) is 29.5 Å². The van der Waals surface area contributed by atoms with Crippen LogP contribution < -0.4 is 9.80 Å². The molecule has 1 aliphatic heterocycles. The molecule has 0 radical (unpaired) electrons. The Morgan fingerprint density at radius 2 is 1.63 bits per heavy atom. The minimum absolute atomic E-state index is 0.320. The second-order valence-corrected chi connectivity index (χ2v) is 7.08. The molecule has 8 heteroatoms. The number of hydrogen-bond donors (Lipinski definition) is 0. The standard InChI is InChI=1S/C19H24N8/c1-14(2)18-20-15(3)13-17(21-18)25-9-11-26(12-10-25)19-22-23-24-27(19)16-7-5-4-6-8-16/h4-8,13-14H,9-12H2,1-3H3. The average Bonchev–Trinajstić information content (AvgIpc) is 3.18. The summed E-state index contributed by atoms with van der Waals surface area (Å²) in [6.45, 7) is 9.70. The molecule has 3 aromatic rings. The van der Waals surface area contributed by atoms with Crippen LogP contribution >= 0.6 is 0 Å². The van der Waals surface area contributed by atoms with Crippen LogP contribution in [0.25, 0.3) is 5.69 Å². The lowest BCUT2D eigenvalue weighted by atomic mass is 10.2. The molecule has 3 heterocycles. The molecule has 4 rings (SSSR count). The number of hydrogen-bond acceptors (Lipinski definition) is 7. The van der Waals surface area contributed by atoms with Gasteiger partial charge in [0, 0.05) is 43.9 Å². The van der Waals surface area contributed by atoms with E-state index < -0.39 is 0 Å². The highest BCUT2D eigenvalue weighted by Crippen LogP contribution is 2.21. The lowest BCUT2D eigenvalue weighted by molar-refractivity contribution is 0.622. The van der Waals surface area contributed by atoms with Crippen LogP contribution in [0.5, 0.6) is 0 Å². The number of anilines is 2. The number of rotatable bonds is 4. The molecule has 2 aromatic heterocycles. The SMILES string of the molecule is Cc1cc(N2CCN(c3nnnn3-c3ccccc3)CC2)nc(C(C)C)n1. The van der Waals surface area contributed by atoms with Gasteiger partial charge in [0.05, 0.1) is 5.69 Å². The highest BCUT2D eigenvalue weighted by atomic mass is 15.6. The Bertz CT molecular complexity index is 897. The zero-order chi connectivity index (χ0) is 18.8. The van der Waals surface area contributed by atoms with Crippen LogP contribution in [0.3, 0.4) is 0 Å². The molecule has 0 bridgehead atoms. The van der Waals surface area contributed by atoms with Crippen molar-refractivity contribution >= 4 is 11.8 Å². The Labute approximate surface area is 158 Å². The summed E-state index contributed by atoms with van der Waals surface area (Å²) in [4.78, 5) is 13.8. The van der Waals surface area contributed by atoms with Crippen molar-refractivity contribution in [3.8, 4) is 5.69 Å². The summed E-state index contributed by atoms with van der Waals surface area (Å²) in [5, 5.41) is 12.3. The van der Waals surface area contributed by atoms with Crippen LogP contribution in [-0.4, -0.2) is 56.4 Å². The van der Waals surface area contributed by atoms with Gasteiger partial charge in [-0.25, -0.2) is 9.97 Å². The molecule has 1 fully saturated rings. The molecule has 0 amide bonds. The van der Waals surface area contributed by atoms with Gasteiger partial charge < -0.3 is 9.80 Å². The first-order chi connectivity index (χ1) is 13.1. The summed E-state index contributed by atoms with van der Waals surface area (Å²) >= 11 is 0. The molecule has 140 valence electrons. The molecule has 0 saturated carbocycles. The van der Waals surface area contributed by atoms with Gasteiger partial charge >= 0.3 is 0 Å². The predicted molar refractivity (Wildman–Crippen MR) is 104 cm³/mol. The van der Waals surface area contributed by atoms with Crippen molar-refractivity contribution < 1.29 is 0 Å². The van der Waals surface area contributed by atoms with E-state index in [-0.39, 0.29) is 0 Å². The van der Waals surface area contributed by atoms with Gasteiger partial charge in [0.15, 0.2) is 0 Å². The third kappa shape index (κ3) is 3.60. The minimum Gasteiger partial charge on any atom is -0.353 e. The Balaban J connectivity index is 1.50. The fourth-order valence-electron chi connectivity index (χ4n) is 3.25. The zero-order valence-electron chi connectivity index (χ0n) is 15.9. The van der Waals surface area contributed by atoms with Crippen molar-refractivity contribution in [2.75, 3.05) is 36.0 Å². The van der Waals surface area contributed by atoms with Gasteiger partial charge in [0.2, 0.25) is 5.95 Å². The maximum absolute atomic E-state index is 4.76. The molecule has 0 spiro atoms. The van der Waals surface area contributed by atoms with Gasteiger partial charge in [-0.2, -0.15) is 4.68 Å². The second kappa shape index (κ2) is 7.30. The van der Waals surface area contributed by atoms with Crippen LogP contribution in [0.1, 0.15) is 31.3 Å². The Morgan fingerprint density at radius 1 is 0.926 bits per heavy atom. The van der Waals surface area contributed by atoms with E-state index in [1.54, 1.807) is 4.68 Å². The minimum atomic E-state index is 0.320. The van der Waals surface area contributed by atoms with Crippen molar-refractivity contribution in [1.29, 1.82) is 0 Å². The fraction of sp³-hybridized carbons (Fsp3) is 0.421. The highest BCUT2D eigenvalue weighted by Gasteiger charge is 2.23. The summed E-state index contributed by atoms with van der Waals surface area (Å²) in [6.07, 6.45) is 0. The van der Waals surface area contributed by atoms with Crippen molar-refractivity contribution in [3.63, 3.8) is 0 Å². The van der Waals surface area contributed by atoms with E-state index in [9.17, 15) is 0 Å². The summed E-state index contributed by atoms with van der Waals surface area (Å²) < 4.78 is 1.79. The van der Waals surface area contributed by atoms with Crippen LogP contribution in [0.2, 0.25) is 0 Å². The van der Waals surface area contributed by atoms with Crippen molar-refractivity contribution in [3.05, 3.63) is 47.9 Å². The van der Waals surface area contributed by atoms with Crippen LogP contribution in [0.15, 0.2) is 36.4 Å². The van der Waals surface area contributed by atoms with Crippen LogP contribution in [0, 0.1) is 6.92 Å². The number of aromatic nitrogens is 6. The number of benzene rings is 1. The maximum Gasteiger partial charge on any atom is 0.250 e. The molecule has 0 atom stereocenters. The van der Waals surface area contributed by atoms with Gasteiger partial charge in [0.1, 0.15) is 11.6 Å². The van der Waals surface area contributed by atoms with Crippen LogP contribution in [-0.2, 0) is 0 Å². The van der Waals surface area contributed by atoms with E-state index in [0.29, 0.717) is 5.92 Å². The monoisotopic (exact) mass is 364 g/mol. The topological polar surface area (TPSA) is 75.9 Å². The van der Waals surface area contributed by atoms with E-state index in [0.717, 1.165) is 55.2 Å². The number of aryl methyl sites for hydroxylation is 1. The first-order valence-corrected chi connectivity index (χ1v) is 9.31. The van der Waals surface area contributed by atoms with E-state index in [4.69, 9.17) is 4.98 Å². The van der Waals surface area contributed by atoms with E-state index >= 15 is 0 Å². The lowest BCUT2D eigenvalue weighted by Crippen LogP contribution is -2.47. The first-order valence-electron chi connectivity index (χ1n) is 9.31. The molecule has 27 heavy (non-hydrogen) atoms. The van der Waals surface area contributed by atoms with Crippen molar-refractivity contribution in [1.82, 2.24) is 30.2 Å². The lowest BCUT2D eigenvalue weighted by Gasteiger charge is -2.35. The van der Waals surface area contributed by atoms with E-state index in [2.05, 4.69) is 50.2 Å². The fourth-order valence-corrected chi connectivity index (χ4v) is 3.25. The van der Waals surface area contributed by atoms with Crippen LogP contribution in [0.4, 0.5) is 11.8 Å². The molecule has 1 aromatic carbocycles. The Hall–Kier alpha value is -3.03. The quantitative estimate of drug-likeness (QED) is 0.702. The van der Waals surface area contributed by atoms with E-state index in [1.165, 1.54) is 0 Å². The van der Waals surface area contributed by atoms with Gasteiger partial charge in [-0.3, -0.25) is 0 Å². The predicted octanol–water partition coefficient (Wildman–Crippen LogP) is 2.21. The maximum atomic E-state index is 4.76. The smallest absolute Gasteiger partial charge is 0.250 e. The number of tetrazole rings is 1. The van der Waals surface area contributed by atoms with Crippen molar-refractivity contribution in [2.24, 2.45) is 0 Å². The number of piperazine rings is 1. The first kappa shape index (κ1) is 17.4. The Morgan fingerprint density at radius 3 is 2.33 bits per heavy atom. The third-order valence-corrected chi connectivity index (χ3v) is 4.71. The largest absolute Gasteiger partial charge is 0.353 e. The molecule has 1 saturated heterocycles. The summed E-state index contributed by atoms with van der Waals surface area (Å²) in [7, 11) is 0. The molecular weight excluding hydrogens is 340 g/mol. The molecule has 0 unspecified atom stereocenters. The Kier molecular flexibility index (Phi) is 4.70. The third-order valence-electron chi connectivity index (χ3n) is 4.71. The molecule has 0 N–H and O–H groups in total. The molecular formula is C19H24N8. The van der Waals surface area contributed by atoms with Crippen molar-refractivity contribution in [2.45, 2.75) is 26.7 Å². The molecule has 0 aliphatic carbocycles. The molecule has 1 aliphatic rings. The summed E-state index contributed by atoms with van der Waals surface area (Å²) in [5.74, 6) is 3.01. The normalized spacial score (nSPS) is 14.8. The number of nitrogens with zero attached hydrogens (tertiary/aromatic N) is 8. The highest BCUT2D eigenvalue weighted by molar-refractivity contribution is 5.45. The second-order valence-electron chi connectivity index (χ2n) is 7.08. The average molecular weight is 364 g/mol. The summed E-state index contributed by atoms with van der Waals surface area (Å²) in [6, 6.07) is 12.0. The summed E-state index contributed by atoms with van der Waals surface area (Å²) in [5.41, 5.74) is 1.98. The molecule has 8 nitrogen and oxygen atoms in total. The zero-order valence-corrected chi connectivity index (χ0v) is 15.9. The number of para-hydroxylation sites is 1. The van der Waals surface area contributed by atoms with Gasteiger partial charge in [0.25, 0.3) is 0 Å². The van der Waals surface area contributed by atoms with Gasteiger partial charge in [-0.15, -0.1) is 0 Å². The van der Waals surface area contributed by atoms with E-state index in [1.807, 2.05) is 37.3 Å².